The third-order valence-corrected chi connectivity index (χ3v) is 4.95. The number of urea groups is 1. The highest BCUT2D eigenvalue weighted by Gasteiger charge is 2.34. The number of hydrogen-bond donors (Lipinski definition) is 2. The van der Waals surface area contributed by atoms with E-state index in [4.69, 9.17) is 4.74 Å². The quantitative estimate of drug-likeness (QED) is 0.408. The largest absolute Gasteiger partial charge is 0.483 e. The first-order valence-electron chi connectivity index (χ1n) is 10.3. The molecule has 0 bridgehead atoms. The van der Waals surface area contributed by atoms with Crippen molar-refractivity contribution in [2.45, 2.75) is 6.54 Å². The first-order valence-corrected chi connectivity index (χ1v) is 10.3. The number of ether oxygens (including phenoxy) is 1. The fraction of sp³-hybridized carbons (Fsp3) is 0.0800. The summed E-state index contributed by atoms with van der Waals surface area (Å²) in [5, 5.41) is 5.07. The molecule has 172 valence electrons. The molecule has 0 atom stereocenters. The molecule has 0 spiro atoms. The predicted octanol–water partition coefficient (Wildman–Crippen LogP) is 4.08. The van der Waals surface area contributed by atoms with Crippen LogP contribution >= 0.6 is 0 Å². The van der Waals surface area contributed by atoms with E-state index in [1.807, 2.05) is 0 Å². The van der Waals surface area contributed by atoms with Gasteiger partial charge in [0.05, 0.1) is 6.54 Å². The van der Waals surface area contributed by atoms with E-state index in [1.165, 1.54) is 48.5 Å². The van der Waals surface area contributed by atoms with Gasteiger partial charge in [0.1, 0.15) is 23.1 Å². The van der Waals surface area contributed by atoms with Gasteiger partial charge < -0.3 is 15.4 Å². The fourth-order valence-electron chi connectivity index (χ4n) is 3.27. The Labute approximate surface area is 193 Å². The molecule has 1 aliphatic heterocycles. The highest BCUT2D eigenvalue weighted by atomic mass is 19.1. The summed E-state index contributed by atoms with van der Waals surface area (Å²) in [7, 11) is 0. The SMILES string of the molecule is O=C(COc1ccccc1/C=C1/NC(=O)N(Cc2ccccc2F)C1=O)Nc1ccc(F)cc1. The third-order valence-electron chi connectivity index (χ3n) is 4.95. The van der Waals surface area contributed by atoms with Crippen LogP contribution in [0.25, 0.3) is 6.08 Å². The van der Waals surface area contributed by atoms with Crippen molar-refractivity contribution in [1.29, 1.82) is 0 Å². The lowest BCUT2D eigenvalue weighted by atomic mass is 10.1. The third kappa shape index (κ3) is 5.26. The minimum atomic E-state index is -0.670. The van der Waals surface area contributed by atoms with Crippen molar-refractivity contribution in [2.75, 3.05) is 11.9 Å². The molecule has 1 heterocycles. The lowest BCUT2D eigenvalue weighted by Gasteiger charge is -2.12. The molecule has 9 heteroatoms. The molecule has 4 amide bonds. The summed E-state index contributed by atoms with van der Waals surface area (Å²) in [6.07, 6.45) is 1.43. The van der Waals surface area contributed by atoms with Crippen LogP contribution in [0.1, 0.15) is 11.1 Å². The standard InChI is InChI=1S/C25H19F2N3O4/c26-18-9-11-19(12-10-18)28-23(31)15-34-22-8-4-2-5-16(22)13-21-24(32)30(25(33)29-21)14-17-6-1-3-7-20(17)27/h1-13H,14-15H2,(H,28,31)(H,29,33)/b21-13+. The minimum Gasteiger partial charge on any atom is -0.483 e. The van der Waals surface area contributed by atoms with E-state index in [0.717, 1.165) is 4.90 Å². The Kier molecular flexibility index (Phi) is 6.63. The normalized spacial score (nSPS) is 14.3. The van der Waals surface area contributed by atoms with Gasteiger partial charge in [0.15, 0.2) is 6.61 Å². The second-order valence-electron chi connectivity index (χ2n) is 7.35. The number of halogens is 2. The molecule has 0 aromatic heterocycles. The van der Waals surface area contributed by atoms with Crippen LogP contribution in [0.3, 0.4) is 0 Å². The number of anilines is 1. The molecule has 34 heavy (non-hydrogen) atoms. The molecule has 7 nitrogen and oxygen atoms in total. The van der Waals surface area contributed by atoms with Crippen LogP contribution in [0.15, 0.2) is 78.5 Å². The van der Waals surface area contributed by atoms with E-state index in [-0.39, 0.29) is 24.4 Å². The lowest BCUT2D eigenvalue weighted by Crippen LogP contribution is -2.30. The van der Waals surface area contributed by atoms with Gasteiger partial charge in [-0.1, -0.05) is 36.4 Å². The van der Waals surface area contributed by atoms with Crippen LogP contribution in [0.4, 0.5) is 19.3 Å². The van der Waals surface area contributed by atoms with E-state index < -0.39 is 29.5 Å². The fourth-order valence-corrected chi connectivity index (χ4v) is 3.27. The highest BCUT2D eigenvalue weighted by molar-refractivity contribution is 6.14. The summed E-state index contributed by atoms with van der Waals surface area (Å²) >= 11 is 0. The van der Waals surface area contributed by atoms with Crippen molar-refractivity contribution in [2.24, 2.45) is 0 Å². The van der Waals surface area contributed by atoms with Gasteiger partial charge >= 0.3 is 6.03 Å². The molecule has 0 unspecified atom stereocenters. The maximum absolute atomic E-state index is 13.9. The molecule has 0 aliphatic carbocycles. The Morgan fingerprint density at radius 1 is 0.971 bits per heavy atom. The Morgan fingerprint density at radius 3 is 2.44 bits per heavy atom. The Balaban J connectivity index is 1.44. The van der Waals surface area contributed by atoms with Crippen LogP contribution in [0, 0.1) is 11.6 Å². The smallest absolute Gasteiger partial charge is 0.329 e. The summed E-state index contributed by atoms with van der Waals surface area (Å²) < 4.78 is 32.5. The number of nitrogens with zero attached hydrogens (tertiary/aromatic N) is 1. The highest BCUT2D eigenvalue weighted by Crippen LogP contribution is 2.24. The average Bonchev–Trinajstić information content (AvgIpc) is 3.08. The monoisotopic (exact) mass is 463 g/mol. The molecule has 1 fully saturated rings. The summed E-state index contributed by atoms with van der Waals surface area (Å²) in [5.74, 6) is -1.71. The van der Waals surface area contributed by atoms with E-state index >= 15 is 0 Å². The van der Waals surface area contributed by atoms with Crippen molar-refractivity contribution in [3.05, 3.63) is 101 Å². The number of carbonyl (C=O) groups is 3. The maximum Gasteiger partial charge on any atom is 0.329 e. The first-order chi connectivity index (χ1) is 16.4. The van der Waals surface area contributed by atoms with Gasteiger partial charge in [-0.15, -0.1) is 0 Å². The minimum absolute atomic E-state index is 0.00634. The second kappa shape index (κ2) is 9.95. The number of carbonyl (C=O) groups excluding carboxylic acids is 3. The second-order valence-corrected chi connectivity index (χ2v) is 7.35. The summed E-state index contributed by atoms with van der Waals surface area (Å²) in [6, 6.07) is 17.2. The van der Waals surface area contributed by atoms with Gasteiger partial charge in [-0.3, -0.25) is 14.5 Å². The van der Waals surface area contributed by atoms with Gasteiger partial charge in [0, 0.05) is 16.8 Å². The molecule has 3 aromatic carbocycles. The van der Waals surface area contributed by atoms with Gasteiger partial charge in [0.25, 0.3) is 11.8 Å². The molecule has 4 rings (SSSR count). The van der Waals surface area contributed by atoms with Crippen LogP contribution in [-0.4, -0.2) is 29.4 Å². The van der Waals surface area contributed by atoms with Gasteiger partial charge in [-0.25, -0.2) is 13.6 Å². The number of benzene rings is 3. The lowest BCUT2D eigenvalue weighted by molar-refractivity contribution is -0.123. The van der Waals surface area contributed by atoms with E-state index in [2.05, 4.69) is 10.6 Å². The van der Waals surface area contributed by atoms with Gasteiger partial charge in [-0.2, -0.15) is 0 Å². The van der Waals surface area contributed by atoms with Gasteiger partial charge in [0.2, 0.25) is 0 Å². The van der Waals surface area contributed by atoms with Crippen LogP contribution in [0.2, 0.25) is 0 Å². The topological polar surface area (TPSA) is 87.7 Å². The summed E-state index contributed by atoms with van der Waals surface area (Å²) in [6.45, 7) is -0.548. The van der Waals surface area contributed by atoms with Crippen LogP contribution < -0.4 is 15.4 Å². The Morgan fingerprint density at radius 2 is 1.68 bits per heavy atom. The number of nitrogens with one attached hydrogen (secondary N) is 2. The van der Waals surface area contributed by atoms with Crippen molar-refractivity contribution in [1.82, 2.24) is 10.2 Å². The van der Waals surface area contributed by atoms with Crippen molar-refractivity contribution in [3.63, 3.8) is 0 Å². The molecular formula is C25H19F2N3O4. The number of para-hydroxylation sites is 1. The van der Waals surface area contributed by atoms with Crippen LogP contribution in [-0.2, 0) is 16.1 Å². The number of rotatable bonds is 7. The first kappa shape index (κ1) is 22.7. The van der Waals surface area contributed by atoms with Crippen molar-refractivity contribution in [3.8, 4) is 5.75 Å². The number of imide groups is 1. The van der Waals surface area contributed by atoms with Crippen molar-refractivity contribution < 1.29 is 27.9 Å². The average molecular weight is 463 g/mol. The van der Waals surface area contributed by atoms with E-state index in [9.17, 15) is 23.2 Å². The maximum atomic E-state index is 13.9. The van der Waals surface area contributed by atoms with E-state index in [1.54, 1.807) is 30.3 Å². The Hall–Kier alpha value is -4.53. The number of amides is 4. The molecule has 0 saturated carbocycles. The molecule has 1 saturated heterocycles. The molecule has 1 aliphatic rings. The van der Waals surface area contributed by atoms with Crippen LogP contribution in [0.5, 0.6) is 5.75 Å². The van der Waals surface area contributed by atoms with E-state index in [0.29, 0.717) is 17.0 Å². The zero-order valence-electron chi connectivity index (χ0n) is 17.8. The summed E-state index contributed by atoms with van der Waals surface area (Å²) in [4.78, 5) is 38.2. The predicted molar refractivity (Wildman–Crippen MR) is 120 cm³/mol. The molecule has 3 aromatic rings. The zero-order valence-corrected chi connectivity index (χ0v) is 17.8. The van der Waals surface area contributed by atoms with Crippen molar-refractivity contribution >= 4 is 29.6 Å². The zero-order chi connectivity index (χ0) is 24.1. The molecule has 2 N–H and O–H groups in total. The summed E-state index contributed by atoms with van der Waals surface area (Å²) in [5.41, 5.74) is 1.07. The van der Waals surface area contributed by atoms with Gasteiger partial charge in [-0.05, 0) is 42.5 Å². The Bertz CT molecular complexity index is 1280. The molecule has 0 radical (unpaired) electrons. The molecular weight excluding hydrogens is 444 g/mol. The number of hydrogen-bond acceptors (Lipinski definition) is 4.